The van der Waals surface area contributed by atoms with Crippen LogP contribution >= 0.6 is 0 Å². The molecule has 1 saturated heterocycles. The van der Waals surface area contributed by atoms with Crippen molar-refractivity contribution >= 4 is 5.69 Å². The summed E-state index contributed by atoms with van der Waals surface area (Å²) in [6.07, 6.45) is 2.58. The van der Waals surface area contributed by atoms with Gasteiger partial charge in [0.05, 0.1) is 0 Å². The molecule has 20 heavy (non-hydrogen) atoms. The standard InChI is InChI=1S/C16H24F2N2/c1-10-5-4-6-20(12(10)3)16-14(17)8-13(7-11(2)19)9-15(16)18/h8-12H,4-7,19H2,1-3H3. The second-order valence-corrected chi connectivity index (χ2v) is 6.14. The van der Waals surface area contributed by atoms with Crippen LogP contribution in [0.4, 0.5) is 14.5 Å². The highest BCUT2D eigenvalue weighted by Gasteiger charge is 2.29. The summed E-state index contributed by atoms with van der Waals surface area (Å²) < 4.78 is 28.6. The van der Waals surface area contributed by atoms with Gasteiger partial charge in [-0.2, -0.15) is 0 Å². The van der Waals surface area contributed by atoms with Crippen LogP contribution in [0, 0.1) is 17.6 Å². The first-order chi connectivity index (χ1) is 9.40. The zero-order valence-corrected chi connectivity index (χ0v) is 12.5. The molecule has 1 fully saturated rings. The van der Waals surface area contributed by atoms with Gasteiger partial charge in [-0.05, 0) is 56.7 Å². The van der Waals surface area contributed by atoms with Crippen molar-refractivity contribution in [1.29, 1.82) is 0 Å². The maximum absolute atomic E-state index is 14.3. The average molecular weight is 282 g/mol. The van der Waals surface area contributed by atoms with Crippen molar-refractivity contribution in [3.05, 3.63) is 29.3 Å². The van der Waals surface area contributed by atoms with Crippen LogP contribution < -0.4 is 10.6 Å². The Morgan fingerprint density at radius 2 is 1.90 bits per heavy atom. The third-order valence-electron chi connectivity index (χ3n) is 4.30. The van der Waals surface area contributed by atoms with Gasteiger partial charge in [0.25, 0.3) is 0 Å². The molecule has 0 bridgehead atoms. The minimum Gasteiger partial charge on any atom is -0.364 e. The molecule has 0 radical (unpaired) electrons. The Labute approximate surface area is 120 Å². The molecule has 112 valence electrons. The summed E-state index contributed by atoms with van der Waals surface area (Å²) in [6.45, 7) is 6.72. The van der Waals surface area contributed by atoms with Gasteiger partial charge in [0, 0.05) is 18.6 Å². The monoisotopic (exact) mass is 282 g/mol. The highest BCUT2D eigenvalue weighted by molar-refractivity contribution is 5.52. The van der Waals surface area contributed by atoms with E-state index in [9.17, 15) is 8.78 Å². The molecule has 1 heterocycles. The molecule has 4 heteroatoms. The number of nitrogens with zero attached hydrogens (tertiary/aromatic N) is 1. The molecule has 2 N–H and O–H groups in total. The first kappa shape index (κ1) is 15.2. The third kappa shape index (κ3) is 3.11. The maximum Gasteiger partial charge on any atom is 0.149 e. The molecule has 1 aliphatic rings. The molecular formula is C16H24F2N2. The fraction of sp³-hybridized carbons (Fsp3) is 0.625. The highest BCUT2D eigenvalue weighted by Crippen LogP contribution is 2.33. The van der Waals surface area contributed by atoms with E-state index in [1.54, 1.807) is 0 Å². The van der Waals surface area contributed by atoms with E-state index in [1.807, 2.05) is 18.7 Å². The van der Waals surface area contributed by atoms with E-state index < -0.39 is 11.6 Å². The lowest BCUT2D eigenvalue weighted by Crippen LogP contribution is -2.43. The number of rotatable bonds is 3. The summed E-state index contributed by atoms with van der Waals surface area (Å²) in [5.74, 6) is -0.491. The number of hydrogen-bond acceptors (Lipinski definition) is 2. The first-order valence-corrected chi connectivity index (χ1v) is 7.40. The van der Waals surface area contributed by atoms with Crippen molar-refractivity contribution in [1.82, 2.24) is 0 Å². The van der Waals surface area contributed by atoms with Crippen molar-refractivity contribution < 1.29 is 8.78 Å². The van der Waals surface area contributed by atoms with E-state index in [0.717, 1.165) is 12.8 Å². The minimum absolute atomic E-state index is 0.103. The van der Waals surface area contributed by atoms with E-state index in [1.165, 1.54) is 12.1 Å². The average Bonchev–Trinajstić information content (AvgIpc) is 2.32. The zero-order valence-electron chi connectivity index (χ0n) is 12.5. The predicted octanol–water partition coefficient (Wildman–Crippen LogP) is 3.48. The topological polar surface area (TPSA) is 29.3 Å². The second kappa shape index (κ2) is 6.08. The Bertz CT molecular complexity index is 451. The minimum atomic E-state index is -0.471. The van der Waals surface area contributed by atoms with E-state index in [4.69, 9.17) is 5.73 Å². The van der Waals surface area contributed by atoms with Crippen LogP contribution in [-0.2, 0) is 6.42 Å². The molecule has 1 aliphatic heterocycles. The number of benzene rings is 1. The van der Waals surface area contributed by atoms with Gasteiger partial charge < -0.3 is 10.6 Å². The molecule has 3 atom stereocenters. The molecule has 1 aromatic rings. The SMILES string of the molecule is CC(N)Cc1cc(F)c(N2CCCC(C)C2C)c(F)c1. The quantitative estimate of drug-likeness (QED) is 0.919. The van der Waals surface area contributed by atoms with Crippen molar-refractivity contribution in [3.8, 4) is 0 Å². The molecule has 2 rings (SSSR count). The molecule has 0 aromatic heterocycles. The van der Waals surface area contributed by atoms with Crippen LogP contribution in [0.15, 0.2) is 12.1 Å². The predicted molar refractivity (Wildman–Crippen MR) is 78.9 cm³/mol. The normalized spacial score (nSPS) is 24.8. The molecule has 0 saturated carbocycles. The Kier molecular flexibility index (Phi) is 4.63. The van der Waals surface area contributed by atoms with Crippen molar-refractivity contribution in [2.45, 2.75) is 52.1 Å². The zero-order chi connectivity index (χ0) is 14.9. The summed E-state index contributed by atoms with van der Waals surface area (Å²) in [5, 5.41) is 0. The van der Waals surface area contributed by atoms with Crippen LogP contribution in [0.25, 0.3) is 0 Å². The smallest absolute Gasteiger partial charge is 0.149 e. The van der Waals surface area contributed by atoms with Gasteiger partial charge in [-0.25, -0.2) is 8.78 Å². The molecule has 0 aliphatic carbocycles. The molecular weight excluding hydrogens is 258 g/mol. The number of anilines is 1. The lowest BCUT2D eigenvalue weighted by Gasteiger charge is -2.40. The van der Waals surface area contributed by atoms with E-state index in [0.29, 0.717) is 24.4 Å². The number of nitrogens with two attached hydrogens (primary N) is 1. The van der Waals surface area contributed by atoms with Gasteiger partial charge in [0.15, 0.2) is 0 Å². The third-order valence-corrected chi connectivity index (χ3v) is 4.30. The summed E-state index contributed by atoms with van der Waals surface area (Å²) >= 11 is 0. The maximum atomic E-state index is 14.3. The summed E-state index contributed by atoms with van der Waals surface area (Å²) in [6, 6.07) is 2.90. The fourth-order valence-corrected chi connectivity index (χ4v) is 3.03. The van der Waals surface area contributed by atoms with Gasteiger partial charge in [0.2, 0.25) is 0 Å². The Morgan fingerprint density at radius 3 is 2.45 bits per heavy atom. The summed E-state index contributed by atoms with van der Waals surface area (Å²) in [5.41, 5.74) is 6.43. The number of piperidine rings is 1. The number of hydrogen-bond donors (Lipinski definition) is 1. The second-order valence-electron chi connectivity index (χ2n) is 6.14. The largest absolute Gasteiger partial charge is 0.364 e. The van der Waals surface area contributed by atoms with Gasteiger partial charge in [-0.1, -0.05) is 6.92 Å². The van der Waals surface area contributed by atoms with Crippen molar-refractivity contribution in [3.63, 3.8) is 0 Å². The Morgan fingerprint density at radius 1 is 1.30 bits per heavy atom. The van der Waals surface area contributed by atoms with E-state index in [2.05, 4.69) is 6.92 Å². The van der Waals surface area contributed by atoms with E-state index >= 15 is 0 Å². The molecule has 1 aromatic carbocycles. The van der Waals surface area contributed by atoms with Gasteiger partial charge >= 0.3 is 0 Å². The van der Waals surface area contributed by atoms with Crippen LogP contribution in [0.2, 0.25) is 0 Å². The lowest BCUT2D eigenvalue weighted by atomic mass is 9.91. The van der Waals surface area contributed by atoms with Gasteiger partial charge in [-0.15, -0.1) is 0 Å². The lowest BCUT2D eigenvalue weighted by molar-refractivity contribution is 0.356. The van der Waals surface area contributed by atoms with Crippen LogP contribution in [-0.4, -0.2) is 18.6 Å². The molecule has 2 nitrogen and oxygen atoms in total. The van der Waals surface area contributed by atoms with E-state index in [-0.39, 0.29) is 17.8 Å². The molecule has 0 amide bonds. The Balaban J connectivity index is 2.32. The molecule has 3 unspecified atom stereocenters. The summed E-state index contributed by atoms with van der Waals surface area (Å²) in [4.78, 5) is 1.87. The van der Waals surface area contributed by atoms with Crippen LogP contribution in [0.1, 0.15) is 39.2 Å². The molecule has 0 spiro atoms. The van der Waals surface area contributed by atoms with Gasteiger partial charge in [0.1, 0.15) is 17.3 Å². The highest BCUT2D eigenvalue weighted by atomic mass is 19.1. The van der Waals surface area contributed by atoms with Crippen LogP contribution in [0.3, 0.4) is 0 Å². The van der Waals surface area contributed by atoms with Crippen molar-refractivity contribution in [2.75, 3.05) is 11.4 Å². The van der Waals surface area contributed by atoms with Crippen LogP contribution in [0.5, 0.6) is 0 Å². The van der Waals surface area contributed by atoms with Crippen molar-refractivity contribution in [2.24, 2.45) is 11.7 Å². The Hall–Kier alpha value is -1.16. The fourth-order valence-electron chi connectivity index (χ4n) is 3.03. The summed E-state index contributed by atoms with van der Waals surface area (Å²) in [7, 11) is 0. The van der Waals surface area contributed by atoms with Gasteiger partial charge in [-0.3, -0.25) is 0 Å². The first-order valence-electron chi connectivity index (χ1n) is 7.40. The number of halogens is 2.